The summed E-state index contributed by atoms with van der Waals surface area (Å²) >= 11 is 0. The molecule has 0 saturated heterocycles. The van der Waals surface area contributed by atoms with Crippen molar-refractivity contribution in [3.8, 4) is 17.1 Å². The topological polar surface area (TPSA) is 48.2 Å². The maximum absolute atomic E-state index is 5.98. The molecule has 1 unspecified atom stereocenters. The maximum atomic E-state index is 5.98. The molecule has 0 aliphatic rings. The summed E-state index contributed by atoms with van der Waals surface area (Å²) < 4.78 is 11.0. The second-order valence-corrected chi connectivity index (χ2v) is 4.84. The molecular formula is C17H16N2O2. The summed E-state index contributed by atoms with van der Waals surface area (Å²) in [6, 6.07) is 17.8. The smallest absolute Gasteiger partial charge is 0.223 e. The third-order valence-electron chi connectivity index (χ3n) is 3.20. The highest BCUT2D eigenvalue weighted by molar-refractivity contribution is 5.56. The van der Waals surface area contributed by atoms with Crippen LogP contribution in [0.2, 0.25) is 0 Å². The van der Waals surface area contributed by atoms with Gasteiger partial charge in [-0.05, 0) is 24.6 Å². The SMILES string of the molecule is Cc1nc(-c2cccc(OC(C)c3ccccc3)c2)no1. The van der Waals surface area contributed by atoms with E-state index in [1.807, 2.05) is 49.4 Å². The summed E-state index contributed by atoms with van der Waals surface area (Å²) in [6.45, 7) is 3.80. The van der Waals surface area contributed by atoms with Gasteiger partial charge in [-0.3, -0.25) is 0 Å². The molecule has 0 N–H and O–H groups in total. The zero-order valence-electron chi connectivity index (χ0n) is 12.0. The van der Waals surface area contributed by atoms with Crippen LogP contribution in [0.3, 0.4) is 0 Å². The number of hydrogen-bond acceptors (Lipinski definition) is 4. The first-order valence-electron chi connectivity index (χ1n) is 6.85. The Bertz CT molecular complexity index is 722. The Labute approximate surface area is 123 Å². The summed E-state index contributed by atoms with van der Waals surface area (Å²) in [6.07, 6.45) is -0.0199. The Balaban J connectivity index is 1.80. The van der Waals surface area contributed by atoms with Gasteiger partial charge in [0.05, 0.1) is 0 Å². The van der Waals surface area contributed by atoms with Crippen LogP contribution in [0, 0.1) is 6.92 Å². The van der Waals surface area contributed by atoms with Crippen LogP contribution >= 0.6 is 0 Å². The zero-order valence-corrected chi connectivity index (χ0v) is 12.0. The van der Waals surface area contributed by atoms with Crippen molar-refractivity contribution in [1.82, 2.24) is 10.1 Å². The normalized spacial score (nSPS) is 12.1. The molecule has 0 amide bonds. The summed E-state index contributed by atoms with van der Waals surface area (Å²) in [5.41, 5.74) is 2.02. The van der Waals surface area contributed by atoms with Gasteiger partial charge in [0.15, 0.2) is 0 Å². The molecule has 4 nitrogen and oxygen atoms in total. The molecule has 21 heavy (non-hydrogen) atoms. The van der Waals surface area contributed by atoms with Crippen molar-refractivity contribution in [1.29, 1.82) is 0 Å². The zero-order chi connectivity index (χ0) is 14.7. The molecule has 2 aromatic carbocycles. The van der Waals surface area contributed by atoms with Gasteiger partial charge < -0.3 is 9.26 Å². The Hall–Kier alpha value is -2.62. The molecular weight excluding hydrogens is 264 g/mol. The fourth-order valence-electron chi connectivity index (χ4n) is 2.12. The van der Waals surface area contributed by atoms with Gasteiger partial charge in [-0.1, -0.05) is 47.6 Å². The van der Waals surface area contributed by atoms with Gasteiger partial charge in [-0.25, -0.2) is 0 Å². The van der Waals surface area contributed by atoms with Crippen molar-refractivity contribution in [2.45, 2.75) is 20.0 Å². The van der Waals surface area contributed by atoms with Gasteiger partial charge >= 0.3 is 0 Å². The van der Waals surface area contributed by atoms with Gasteiger partial charge in [-0.2, -0.15) is 4.98 Å². The van der Waals surface area contributed by atoms with Crippen LogP contribution < -0.4 is 4.74 Å². The number of ether oxygens (including phenoxy) is 1. The number of rotatable bonds is 4. The van der Waals surface area contributed by atoms with Crippen molar-refractivity contribution in [3.05, 3.63) is 66.1 Å². The summed E-state index contributed by atoms with van der Waals surface area (Å²) in [5, 5.41) is 3.92. The lowest BCUT2D eigenvalue weighted by molar-refractivity contribution is 0.227. The molecule has 3 aromatic rings. The van der Waals surface area contributed by atoms with E-state index in [4.69, 9.17) is 9.26 Å². The predicted octanol–water partition coefficient (Wildman–Crippen LogP) is 4.19. The standard InChI is InChI=1S/C17H16N2O2/c1-12(14-7-4-3-5-8-14)20-16-10-6-9-15(11-16)17-18-13(2)21-19-17/h3-12H,1-2H3. The first-order chi connectivity index (χ1) is 10.2. The number of aromatic nitrogens is 2. The monoisotopic (exact) mass is 280 g/mol. The van der Waals surface area contributed by atoms with E-state index in [0.717, 1.165) is 16.9 Å². The molecule has 3 rings (SSSR count). The summed E-state index contributed by atoms with van der Waals surface area (Å²) in [4.78, 5) is 4.23. The second-order valence-electron chi connectivity index (χ2n) is 4.84. The van der Waals surface area contributed by atoms with Gasteiger partial charge in [0.25, 0.3) is 0 Å². The fraction of sp³-hybridized carbons (Fsp3) is 0.176. The molecule has 0 saturated carbocycles. The van der Waals surface area contributed by atoms with Crippen LogP contribution in [0.4, 0.5) is 0 Å². The Kier molecular flexibility index (Phi) is 3.69. The first kappa shape index (κ1) is 13.4. The minimum absolute atomic E-state index is 0.0199. The molecule has 106 valence electrons. The molecule has 0 radical (unpaired) electrons. The quantitative estimate of drug-likeness (QED) is 0.719. The highest BCUT2D eigenvalue weighted by Gasteiger charge is 2.10. The van der Waals surface area contributed by atoms with Gasteiger partial charge in [-0.15, -0.1) is 0 Å². The van der Waals surface area contributed by atoms with E-state index in [-0.39, 0.29) is 6.10 Å². The van der Waals surface area contributed by atoms with Crippen molar-refractivity contribution < 1.29 is 9.26 Å². The lowest BCUT2D eigenvalue weighted by atomic mass is 10.1. The fourth-order valence-corrected chi connectivity index (χ4v) is 2.12. The maximum Gasteiger partial charge on any atom is 0.223 e. The molecule has 1 atom stereocenters. The number of nitrogens with zero attached hydrogens (tertiary/aromatic N) is 2. The molecule has 0 bridgehead atoms. The van der Waals surface area contributed by atoms with Crippen LogP contribution in [0.1, 0.15) is 24.5 Å². The number of aryl methyl sites for hydroxylation is 1. The highest BCUT2D eigenvalue weighted by atomic mass is 16.5. The highest BCUT2D eigenvalue weighted by Crippen LogP contribution is 2.25. The third-order valence-corrected chi connectivity index (χ3v) is 3.20. The Morgan fingerprint density at radius 2 is 1.86 bits per heavy atom. The van der Waals surface area contributed by atoms with E-state index in [9.17, 15) is 0 Å². The van der Waals surface area contributed by atoms with Gasteiger partial charge in [0, 0.05) is 12.5 Å². The molecule has 0 aliphatic heterocycles. The number of hydrogen-bond donors (Lipinski definition) is 0. The van der Waals surface area contributed by atoms with E-state index < -0.39 is 0 Å². The minimum atomic E-state index is -0.0199. The second kappa shape index (κ2) is 5.79. The van der Waals surface area contributed by atoms with Crippen molar-refractivity contribution in [2.24, 2.45) is 0 Å². The molecule has 0 fully saturated rings. The van der Waals surface area contributed by atoms with Crippen LogP contribution in [-0.4, -0.2) is 10.1 Å². The van der Waals surface area contributed by atoms with E-state index in [0.29, 0.717) is 11.7 Å². The van der Waals surface area contributed by atoms with Crippen molar-refractivity contribution in [2.75, 3.05) is 0 Å². The van der Waals surface area contributed by atoms with E-state index in [2.05, 4.69) is 22.3 Å². The van der Waals surface area contributed by atoms with Crippen LogP contribution in [0.5, 0.6) is 5.75 Å². The van der Waals surface area contributed by atoms with E-state index >= 15 is 0 Å². The van der Waals surface area contributed by atoms with Crippen molar-refractivity contribution >= 4 is 0 Å². The Morgan fingerprint density at radius 3 is 2.57 bits per heavy atom. The Morgan fingerprint density at radius 1 is 1.05 bits per heavy atom. The average Bonchev–Trinajstić information content (AvgIpc) is 2.95. The van der Waals surface area contributed by atoms with Gasteiger partial charge in [0.1, 0.15) is 11.9 Å². The average molecular weight is 280 g/mol. The molecule has 4 heteroatoms. The van der Waals surface area contributed by atoms with Crippen LogP contribution in [-0.2, 0) is 0 Å². The van der Waals surface area contributed by atoms with Crippen molar-refractivity contribution in [3.63, 3.8) is 0 Å². The first-order valence-corrected chi connectivity index (χ1v) is 6.85. The van der Waals surface area contributed by atoms with Crippen LogP contribution in [0.15, 0.2) is 59.1 Å². The molecule has 0 spiro atoms. The lowest BCUT2D eigenvalue weighted by Gasteiger charge is -2.15. The minimum Gasteiger partial charge on any atom is -0.486 e. The van der Waals surface area contributed by atoms with E-state index in [1.54, 1.807) is 6.92 Å². The largest absolute Gasteiger partial charge is 0.486 e. The van der Waals surface area contributed by atoms with Gasteiger partial charge in [0.2, 0.25) is 11.7 Å². The summed E-state index contributed by atoms with van der Waals surface area (Å²) in [7, 11) is 0. The lowest BCUT2D eigenvalue weighted by Crippen LogP contribution is -2.02. The van der Waals surface area contributed by atoms with E-state index in [1.165, 1.54) is 0 Å². The molecule has 1 heterocycles. The molecule has 1 aromatic heterocycles. The molecule has 0 aliphatic carbocycles. The van der Waals surface area contributed by atoms with Crippen LogP contribution in [0.25, 0.3) is 11.4 Å². The third kappa shape index (κ3) is 3.11. The predicted molar refractivity (Wildman–Crippen MR) is 80.0 cm³/mol. The number of benzene rings is 2. The summed E-state index contributed by atoms with van der Waals surface area (Å²) in [5.74, 6) is 1.91.